The molecule has 1 unspecified atom stereocenters. The zero-order chi connectivity index (χ0) is 11.4. The average molecular weight is 258 g/mol. The van der Waals surface area contributed by atoms with Gasteiger partial charge < -0.3 is 11.1 Å². The van der Waals surface area contributed by atoms with Gasteiger partial charge >= 0.3 is 0 Å². The molecule has 0 amide bonds. The minimum Gasteiger partial charge on any atom is -0.399 e. The summed E-state index contributed by atoms with van der Waals surface area (Å²) in [7, 11) is 0. The molecule has 0 radical (unpaired) electrons. The van der Waals surface area contributed by atoms with Crippen molar-refractivity contribution in [2.45, 2.75) is 5.25 Å². The van der Waals surface area contributed by atoms with Crippen molar-refractivity contribution in [3.05, 3.63) is 24.0 Å². The smallest absolute Gasteiger partial charge is 0.127 e. The van der Waals surface area contributed by atoms with Crippen LogP contribution in [0.1, 0.15) is 0 Å². The van der Waals surface area contributed by atoms with Crippen molar-refractivity contribution in [1.29, 1.82) is 0 Å². The lowest BCUT2D eigenvalue weighted by atomic mass is 10.2. The molecule has 3 N–H and O–H groups in total. The van der Waals surface area contributed by atoms with Gasteiger partial charge in [-0.25, -0.2) is 4.39 Å². The predicted molar refractivity (Wildman–Crippen MR) is 72.9 cm³/mol. The van der Waals surface area contributed by atoms with E-state index in [4.69, 9.17) is 5.73 Å². The van der Waals surface area contributed by atoms with Crippen LogP contribution in [0.2, 0.25) is 0 Å². The van der Waals surface area contributed by atoms with Crippen molar-refractivity contribution in [3.8, 4) is 0 Å². The van der Waals surface area contributed by atoms with Gasteiger partial charge in [-0.3, -0.25) is 0 Å². The van der Waals surface area contributed by atoms with E-state index in [1.165, 1.54) is 29.4 Å². The first kappa shape index (κ1) is 11.9. The number of halogens is 1. The van der Waals surface area contributed by atoms with E-state index in [1.54, 1.807) is 6.07 Å². The fourth-order valence-corrected chi connectivity index (χ4v) is 4.21. The van der Waals surface area contributed by atoms with Crippen LogP contribution in [-0.2, 0) is 0 Å². The number of nitrogens with two attached hydrogens (primary N) is 1. The number of rotatable bonds is 3. The maximum atomic E-state index is 13.1. The lowest BCUT2D eigenvalue weighted by molar-refractivity contribution is 0.629. The molecule has 0 spiro atoms. The lowest BCUT2D eigenvalue weighted by Gasteiger charge is -2.21. The number of hydrogen-bond acceptors (Lipinski definition) is 4. The molecule has 88 valence electrons. The molecule has 0 saturated carbocycles. The first-order valence-electron chi connectivity index (χ1n) is 5.23. The molecule has 1 aliphatic rings. The molecule has 1 atom stereocenters. The Kier molecular flexibility index (Phi) is 4.23. The topological polar surface area (TPSA) is 38.0 Å². The van der Waals surface area contributed by atoms with E-state index in [2.05, 4.69) is 5.32 Å². The molecular weight excluding hydrogens is 243 g/mol. The molecule has 0 aromatic heterocycles. The van der Waals surface area contributed by atoms with Crippen LogP contribution in [-0.4, -0.2) is 29.1 Å². The highest BCUT2D eigenvalue weighted by Crippen LogP contribution is 2.24. The van der Waals surface area contributed by atoms with Crippen molar-refractivity contribution >= 4 is 34.9 Å². The molecule has 5 heteroatoms. The largest absolute Gasteiger partial charge is 0.399 e. The second-order valence-corrected chi connectivity index (χ2v) is 6.28. The fraction of sp³-hybridized carbons (Fsp3) is 0.455. The number of nitrogen functional groups attached to an aromatic ring is 1. The fourth-order valence-electron chi connectivity index (χ4n) is 1.60. The van der Waals surface area contributed by atoms with Gasteiger partial charge in [0, 0.05) is 40.4 Å². The standard InChI is InChI=1S/C11H15FN2S2/c12-8-3-9(13)5-10(4-8)14-6-11-7-15-1-2-16-11/h3-5,11,14H,1-2,6-7,13H2. The minimum atomic E-state index is -0.284. The van der Waals surface area contributed by atoms with Gasteiger partial charge in [0.25, 0.3) is 0 Å². The van der Waals surface area contributed by atoms with Gasteiger partial charge in [-0.15, -0.1) is 0 Å². The molecule has 16 heavy (non-hydrogen) atoms. The van der Waals surface area contributed by atoms with E-state index in [9.17, 15) is 4.39 Å². The molecule has 1 aliphatic heterocycles. The second-order valence-electron chi connectivity index (χ2n) is 3.72. The van der Waals surface area contributed by atoms with Gasteiger partial charge in [0.15, 0.2) is 0 Å². The van der Waals surface area contributed by atoms with Crippen LogP contribution in [0.15, 0.2) is 18.2 Å². The van der Waals surface area contributed by atoms with Gasteiger partial charge in [-0.1, -0.05) is 0 Å². The Balaban J connectivity index is 1.88. The quantitative estimate of drug-likeness (QED) is 0.818. The van der Waals surface area contributed by atoms with Crippen molar-refractivity contribution < 1.29 is 4.39 Å². The van der Waals surface area contributed by atoms with E-state index in [-0.39, 0.29) is 5.82 Å². The van der Waals surface area contributed by atoms with Crippen molar-refractivity contribution in [2.75, 3.05) is 34.9 Å². The van der Waals surface area contributed by atoms with E-state index in [0.717, 1.165) is 12.2 Å². The number of thioether (sulfide) groups is 2. The number of benzene rings is 1. The van der Waals surface area contributed by atoms with E-state index < -0.39 is 0 Å². The summed E-state index contributed by atoms with van der Waals surface area (Å²) in [6.07, 6.45) is 0. The van der Waals surface area contributed by atoms with Crippen molar-refractivity contribution in [3.63, 3.8) is 0 Å². The summed E-state index contributed by atoms with van der Waals surface area (Å²) in [5.41, 5.74) is 6.82. The Bertz CT molecular complexity index is 334. The number of anilines is 2. The normalized spacial score (nSPS) is 20.7. The van der Waals surface area contributed by atoms with Crippen LogP contribution in [0.5, 0.6) is 0 Å². The monoisotopic (exact) mass is 258 g/mol. The highest BCUT2D eigenvalue weighted by Gasteiger charge is 2.13. The Hall–Kier alpha value is -0.550. The molecule has 1 fully saturated rings. The zero-order valence-electron chi connectivity index (χ0n) is 8.91. The Labute approximate surface area is 104 Å². The van der Waals surface area contributed by atoms with Gasteiger partial charge in [0.2, 0.25) is 0 Å². The van der Waals surface area contributed by atoms with Crippen LogP contribution >= 0.6 is 23.5 Å². The molecule has 1 saturated heterocycles. The third-order valence-corrected chi connectivity index (χ3v) is 5.18. The van der Waals surface area contributed by atoms with Gasteiger partial charge in [0.05, 0.1) is 0 Å². The summed E-state index contributed by atoms with van der Waals surface area (Å²) in [5.74, 6) is 3.34. The van der Waals surface area contributed by atoms with E-state index >= 15 is 0 Å². The van der Waals surface area contributed by atoms with Crippen molar-refractivity contribution in [1.82, 2.24) is 0 Å². The van der Waals surface area contributed by atoms with Crippen LogP contribution in [0.4, 0.5) is 15.8 Å². The first-order chi connectivity index (χ1) is 7.74. The van der Waals surface area contributed by atoms with E-state index in [0.29, 0.717) is 10.9 Å². The summed E-state index contributed by atoms with van der Waals surface area (Å²) in [6.45, 7) is 0.876. The first-order valence-corrected chi connectivity index (χ1v) is 7.43. The second kappa shape index (κ2) is 5.68. The number of nitrogens with one attached hydrogen (secondary N) is 1. The Morgan fingerprint density at radius 3 is 2.94 bits per heavy atom. The summed E-state index contributed by atoms with van der Waals surface area (Å²) in [4.78, 5) is 0. The van der Waals surface area contributed by atoms with Crippen molar-refractivity contribution in [2.24, 2.45) is 0 Å². The zero-order valence-corrected chi connectivity index (χ0v) is 10.5. The Morgan fingerprint density at radius 1 is 1.38 bits per heavy atom. The predicted octanol–water partition coefficient (Wildman–Crippen LogP) is 2.67. The van der Waals surface area contributed by atoms with Gasteiger partial charge in [-0.05, 0) is 18.2 Å². The highest BCUT2D eigenvalue weighted by molar-refractivity contribution is 8.06. The lowest BCUT2D eigenvalue weighted by Crippen LogP contribution is -2.23. The van der Waals surface area contributed by atoms with Crippen LogP contribution in [0.3, 0.4) is 0 Å². The maximum Gasteiger partial charge on any atom is 0.127 e. The molecule has 1 heterocycles. The van der Waals surface area contributed by atoms with Crippen LogP contribution < -0.4 is 11.1 Å². The average Bonchev–Trinajstić information content (AvgIpc) is 2.27. The highest BCUT2D eigenvalue weighted by atomic mass is 32.2. The summed E-state index contributed by atoms with van der Waals surface area (Å²) in [5, 5.41) is 3.86. The van der Waals surface area contributed by atoms with Gasteiger partial charge in [0.1, 0.15) is 5.82 Å². The number of hydrogen-bond donors (Lipinski definition) is 2. The summed E-state index contributed by atoms with van der Waals surface area (Å²) in [6, 6.07) is 4.58. The summed E-state index contributed by atoms with van der Waals surface area (Å²) >= 11 is 3.97. The van der Waals surface area contributed by atoms with Crippen LogP contribution in [0, 0.1) is 5.82 Å². The molecule has 1 aromatic rings. The molecular formula is C11H15FN2S2. The summed E-state index contributed by atoms with van der Waals surface area (Å²) < 4.78 is 13.1. The molecule has 1 aromatic carbocycles. The van der Waals surface area contributed by atoms with E-state index in [1.807, 2.05) is 23.5 Å². The van der Waals surface area contributed by atoms with Gasteiger partial charge in [-0.2, -0.15) is 23.5 Å². The molecule has 0 aliphatic carbocycles. The SMILES string of the molecule is Nc1cc(F)cc(NCC2CSCCS2)c1. The third kappa shape index (κ3) is 3.49. The Morgan fingerprint density at radius 2 is 2.25 bits per heavy atom. The third-order valence-electron chi connectivity index (χ3n) is 2.34. The van der Waals surface area contributed by atoms with Crippen LogP contribution in [0.25, 0.3) is 0 Å². The molecule has 2 nitrogen and oxygen atoms in total. The molecule has 2 rings (SSSR count). The maximum absolute atomic E-state index is 13.1. The molecule has 0 bridgehead atoms. The minimum absolute atomic E-state index is 0.284.